The molecule has 34 heavy (non-hydrogen) atoms. The molecule has 186 valence electrons. The number of aromatic nitrogens is 1. The van der Waals surface area contributed by atoms with Crippen molar-refractivity contribution >= 4 is 13.7 Å². The van der Waals surface area contributed by atoms with Crippen molar-refractivity contribution in [3.63, 3.8) is 0 Å². The van der Waals surface area contributed by atoms with Gasteiger partial charge in [0.1, 0.15) is 23.5 Å². The largest absolute Gasteiger partial charge is 0.494 e. The van der Waals surface area contributed by atoms with Gasteiger partial charge in [-0.25, -0.2) is 4.57 Å². The molecule has 3 rings (SSSR count). The van der Waals surface area contributed by atoms with E-state index in [4.69, 9.17) is 24.3 Å². The number of primary amides is 1. The minimum Gasteiger partial charge on any atom is -0.494 e. The molecule has 1 fully saturated rings. The summed E-state index contributed by atoms with van der Waals surface area (Å²) < 4.78 is 34.6. The van der Waals surface area contributed by atoms with Gasteiger partial charge in [-0.3, -0.25) is 13.8 Å². The van der Waals surface area contributed by atoms with Gasteiger partial charge in [-0.2, -0.15) is 4.57 Å². The number of aliphatic hydroxyl groups is 2. The van der Waals surface area contributed by atoms with Crippen LogP contribution < -0.4 is 15.0 Å². The predicted octanol–water partition coefficient (Wildman–Crippen LogP) is 1.08. The number of carbonyl (C=O) groups excluding carboxylic acids is 1. The average Bonchev–Trinajstić information content (AvgIpc) is 3.11. The lowest BCUT2D eigenvalue weighted by Gasteiger charge is -2.16. The Hall–Kier alpha value is -2.37. The second kappa shape index (κ2) is 12.4. The lowest BCUT2D eigenvalue weighted by molar-refractivity contribution is -0.765. The van der Waals surface area contributed by atoms with E-state index in [0.29, 0.717) is 13.0 Å². The number of para-hydroxylation sites is 1. The van der Waals surface area contributed by atoms with E-state index in [-0.39, 0.29) is 12.2 Å². The van der Waals surface area contributed by atoms with Gasteiger partial charge in [0.2, 0.25) is 0 Å². The summed E-state index contributed by atoms with van der Waals surface area (Å²) in [4.78, 5) is 21.3. The second-order valence-corrected chi connectivity index (χ2v) is 9.22. The molecular formula is C22H30N2O9P+. The van der Waals surface area contributed by atoms with Crippen LogP contribution in [0.3, 0.4) is 0 Å². The van der Waals surface area contributed by atoms with Crippen molar-refractivity contribution in [2.24, 2.45) is 5.73 Å². The van der Waals surface area contributed by atoms with Gasteiger partial charge in [-0.1, -0.05) is 18.2 Å². The fourth-order valence-corrected chi connectivity index (χ4v) is 4.15. The second-order valence-electron chi connectivity index (χ2n) is 7.77. The summed E-state index contributed by atoms with van der Waals surface area (Å²) in [6.45, 7) is 0.0513. The van der Waals surface area contributed by atoms with Gasteiger partial charge in [-0.15, -0.1) is 0 Å². The van der Waals surface area contributed by atoms with E-state index < -0.39 is 44.9 Å². The van der Waals surface area contributed by atoms with Crippen molar-refractivity contribution in [2.45, 2.75) is 43.8 Å². The molecule has 1 aliphatic rings. The summed E-state index contributed by atoms with van der Waals surface area (Å²) in [6.07, 6.45) is 0.0279. The normalized spacial score (nSPS) is 24.0. The Morgan fingerprint density at radius 3 is 2.50 bits per heavy atom. The van der Waals surface area contributed by atoms with Crippen LogP contribution in [0.25, 0.3) is 0 Å². The first-order valence-electron chi connectivity index (χ1n) is 10.9. The van der Waals surface area contributed by atoms with Gasteiger partial charge in [0.05, 0.1) is 19.8 Å². The van der Waals surface area contributed by atoms with Crippen molar-refractivity contribution in [3.05, 3.63) is 60.4 Å². The lowest BCUT2D eigenvalue weighted by atomic mass is 10.1. The smallest absolute Gasteiger partial charge is 0.472 e. The molecular weight excluding hydrogens is 467 g/mol. The maximum absolute atomic E-state index is 12.1. The van der Waals surface area contributed by atoms with E-state index in [9.17, 15) is 24.5 Å². The average molecular weight is 497 g/mol. The summed E-state index contributed by atoms with van der Waals surface area (Å²) in [7, 11) is -4.38. The topological polar surface area (TPSA) is 162 Å². The van der Waals surface area contributed by atoms with Crippen LogP contribution >= 0.6 is 7.82 Å². The van der Waals surface area contributed by atoms with E-state index in [2.05, 4.69) is 0 Å². The Kier molecular flexibility index (Phi) is 9.54. The molecule has 1 aromatic heterocycles. The van der Waals surface area contributed by atoms with Crippen LogP contribution in [-0.2, 0) is 18.3 Å². The fraction of sp³-hybridized carbons (Fsp3) is 0.455. The predicted molar refractivity (Wildman–Crippen MR) is 119 cm³/mol. The van der Waals surface area contributed by atoms with Gasteiger partial charge in [0.15, 0.2) is 18.5 Å². The Balaban J connectivity index is 1.37. The van der Waals surface area contributed by atoms with E-state index >= 15 is 0 Å². The van der Waals surface area contributed by atoms with Crippen molar-refractivity contribution < 1.29 is 47.6 Å². The maximum Gasteiger partial charge on any atom is 0.472 e. The highest BCUT2D eigenvalue weighted by atomic mass is 31.2. The molecule has 0 bridgehead atoms. The van der Waals surface area contributed by atoms with Crippen LogP contribution in [0, 0.1) is 0 Å². The molecule has 12 heteroatoms. The van der Waals surface area contributed by atoms with Gasteiger partial charge in [0, 0.05) is 6.07 Å². The number of nitrogens with two attached hydrogens (primary N) is 1. The number of nitrogens with zero attached hydrogens (tertiary/aromatic N) is 1. The molecule has 1 aliphatic heterocycles. The highest BCUT2D eigenvalue weighted by Gasteiger charge is 2.49. The monoisotopic (exact) mass is 497 g/mol. The lowest BCUT2D eigenvalue weighted by Crippen LogP contribution is -2.46. The van der Waals surface area contributed by atoms with Gasteiger partial charge in [-0.05, 0) is 37.5 Å². The SMILES string of the molecule is NC(=O)c1ccc[n+]([C@@H]2O[C@H](COP(=O)(O)OCCCCCOc3ccccc3)[C@@H](O)[C@H]2O)c1. The molecule has 0 spiro atoms. The number of carbonyl (C=O) groups is 1. The number of hydrogen-bond acceptors (Lipinski definition) is 8. The molecule has 1 aromatic carbocycles. The number of amides is 1. The Bertz CT molecular complexity index is 978. The van der Waals surface area contributed by atoms with Crippen LogP contribution in [0.5, 0.6) is 5.75 Å². The van der Waals surface area contributed by atoms with E-state index in [1.165, 1.54) is 29.1 Å². The fourth-order valence-electron chi connectivity index (χ4n) is 3.38. The highest BCUT2D eigenvalue weighted by Crippen LogP contribution is 2.44. The molecule has 0 radical (unpaired) electrons. The van der Waals surface area contributed by atoms with Gasteiger partial charge < -0.3 is 30.3 Å². The summed E-state index contributed by atoms with van der Waals surface area (Å²) in [6, 6.07) is 12.4. The molecule has 2 heterocycles. The number of ether oxygens (including phenoxy) is 2. The maximum atomic E-state index is 12.1. The first-order chi connectivity index (χ1) is 16.3. The zero-order chi connectivity index (χ0) is 24.6. The first-order valence-corrected chi connectivity index (χ1v) is 12.4. The third kappa shape index (κ3) is 7.57. The highest BCUT2D eigenvalue weighted by molar-refractivity contribution is 7.47. The van der Waals surface area contributed by atoms with Crippen LogP contribution in [0.1, 0.15) is 35.8 Å². The molecule has 2 aromatic rings. The van der Waals surface area contributed by atoms with Crippen LogP contribution in [0.4, 0.5) is 0 Å². The zero-order valence-corrected chi connectivity index (χ0v) is 19.4. The number of pyridine rings is 1. The third-order valence-corrected chi connectivity index (χ3v) is 6.18. The minimum absolute atomic E-state index is 0.00814. The summed E-state index contributed by atoms with van der Waals surface area (Å²) >= 11 is 0. The summed E-state index contributed by atoms with van der Waals surface area (Å²) in [5, 5.41) is 20.6. The number of phosphoric ester groups is 1. The number of unbranched alkanes of at least 4 members (excludes halogenated alkanes) is 2. The van der Waals surface area contributed by atoms with Crippen molar-refractivity contribution in [2.75, 3.05) is 19.8 Å². The van der Waals surface area contributed by atoms with Crippen molar-refractivity contribution in [1.82, 2.24) is 0 Å². The van der Waals surface area contributed by atoms with E-state index in [0.717, 1.165) is 18.6 Å². The van der Waals surface area contributed by atoms with Gasteiger partial charge in [0.25, 0.3) is 12.1 Å². The minimum atomic E-state index is -4.38. The first kappa shape index (κ1) is 26.2. The molecule has 0 aliphatic carbocycles. The van der Waals surface area contributed by atoms with Crippen molar-refractivity contribution in [1.29, 1.82) is 0 Å². The summed E-state index contributed by atoms with van der Waals surface area (Å²) in [5.41, 5.74) is 5.45. The Morgan fingerprint density at radius 1 is 1.03 bits per heavy atom. The molecule has 0 saturated carbocycles. The number of hydrogen-bond donors (Lipinski definition) is 4. The van der Waals surface area contributed by atoms with Gasteiger partial charge >= 0.3 is 7.82 Å². The Morgan fingerprint density at radius 2 is 1.76 bits per heavy atom. The molecule has 1 amide bonds. The number of benzene rings is 1. The molecule has 5 atom stereocenters. The van der Waals surface area contributed by atoms with E-state index in [1.54, 1.807) is 0 Å². The number of aliphatic hydroxyl groups excluding tert-OH is 2. The quantitative estimate of drug-likeness (QED) is 0.180. The third-order valence-electron chi connectivity index (χ3n) is 5.19. The van der Waals surface area contributed by atoms with E-state index in [1.807, 2.05) is 30.3 Å². The molecule has 1 saturated heterocycles. The van der Waals surface area contributed by atoms with Crippen LogP contribution in [-0.4, -0.2) is 59.1 Å². The molecule has 1 unspecified atom stereocenters. The molecule has 11 nitrogen and oxygen atoms in total. The number of phosphoric acid groups is 1. The standard InChI is InChI=1S/C22H29N2O9P/c23-21(27)16-8-7-11-24(14-16)22-20(26)19(25)18(33-22)15-32-34(28,29)31-13-6-2-5-12-30-17-9-3-1-4-10-17/h1,3-4,7-11,14,18-20,22,25-26H,2,5-6,12-13,15H2,(H2-,23,27,28,29)/p+1/t18-,19-,20-,22-/m1/s1. The van der Waals surface area contributed by atoms with Crippen LogP contribution in [0.15, 0.2) is 54.9 Å². The molecule has 5 N–H and O–H groups in total. The van der Waals surface area contributed by atoms with Crippen LogP contribution in [0.2, 0.25) is 0 Å². The number of rotatable bonds is 13. The van der Waals surface area contributed by atoms with Crippen molar-refractivity contribution in [3.8, 4) is 5.75 Å². The summed E-state index contributed by atoms with van der Waals surface area (Å²) in [5.74, 6) is 0.124. The Labute approximate surface area is 197 Å². The zero-order valence-electron chi connectivity index (χ0n) is 18.5.